The largest absolute Gasteiger partial charge is 0.454 e. The summed E-state index contributed by atoms with van der Waals surface area (Å²) in [6.07, 6.45) is 1.46. The third-order valence-electron chi connectivity index (χ3n) is 5.87. The average molecular weight is 459 g/mol. The second-order valence-corrected chi connectivity index (χ2v) is 8.15. The van der Waals surface area contributed by atoms with E-state index < -0.39 is 11.8 Å². The minimum absolute atomic E-state index is 0.112. The fourth-order valence-electron chi connectivity index (χ4n) is 3.84. The van der Waals surface area contributed by atoms with E-state index in [0.29, 0.717) is 31.7 Å². The summed E-state index contributed by atoms with van der Waals surface area (Å²) in [7, 11) is 0. The Labute approximate surface area is 193 Å². The van der Waals surface area contributed by atoms with Gasteiger partial charge in [0.2, 0.25) is 11.8 Å². The molecule has 1 aromatic carbocycles. The summed E-state index contributed by atoms with van der Waals surface area (Å²) in [5, 5.41) is 0. The number of hydrogen-bond acceptors (Lipinski definition) is 5. The average Bonchev–Trinajstić information content (AvgIpc) is 3.31. The summed E-state index contributed by atoms with van der Waals surface area (Å²) < 4.78 is 18.6. The molecule has 1 atom stereocenters. The molecule has 0 spiro atoms. The molecular weight excluding hydrogens is 427 g/mol. The minimum atomic E-state index is -0.533. The smallest absolute Gasteiger partial charge is 0.305 e. The molecule has 1 aliphatic rings. The number of carbonyl (C=O) groups is 3. The fraction of sp³-hybridized carbons (Fsp3) is 0.458. The number of likely N-dealkylation sites (tertiary alicyclic amines) is 1. The topological polar surface area (TPSA) is 94.9 Å². The molecule has 1 aromatic heterocycles. The molecule has 1 fully saturated rings. The number of halogens is 1. The quantitative estimate of drug-likeness (QED) is 0.593. The molecule has 9 heteroatoms. The number of nitrogens with one attached hydrogen (secondary N) is 2. The van der Waals surface area contributed by atoms with Crippen molar-refractivity contribution in [2.75, 3.05) is 26.2 Å². The van der Waals surface area contributed by atoms with Crippen LogP contribution in [-0.2, 0) is 22.6 Å². The van der Waals surface area contributed by atoms with E-state index in [1.54, 1.807) is 29.2 Å². The van der Waals surface area contributed by atoms with Crippen molar-refractivity contribution in [3.05, 3.63) is 59.3 Å². The predicted octanol–water partition coefficient (Wildman–Crippen LogP) is 2.50. The summed E-state index contributed by atoms with van der Waals surface area (Å²) in [6, 6.07) is 9.14. The summed E-state index contributed by atoms with van der Waals surface area (Å²) in [6.45, 7) is 7.31. The van der Waals surface area contributed by atoms with Gasteiger partial charge in [0.1, 0.15) is 11.6 Å². The molecule has 0 aliphatic carbocycles. The SMILES string of the molecule is CCN(CC)Cc1ccc(C(=O)NNC(=O)C2CCCN(C(=O)Cc3ccc(F)cc3)C2)o1. The van der Waals surface area contributed by atoms with Crippen LogP contribution in [0.4, 0.5) is 4.39 Å². The number of hydrazine groups is 1. The number of piperidine rings is 1. The summed E-state index contributed by atoms with van der Waals surface area (Å²) in [4.78, 5) is 41.3. The Kier molecular flexibility index (Phi) is 8.59. The third kappa shape index (κ3) is 6.89. The van der Waals surface area contributed by atoms with Crippen LogP contribution in [0.5, 0.6) is 0 Å². The Morgan fingerprint density at radius 1 is 1.09 bits per heavy atom. The van der Waals surface area contributed by atoms with Crippen LogP contribution in [-0.4, -0.2) is 53.7 Å². The zero-order chi connectivity index (χ0) is 23.8. The standard InChI is InChI=1S/C24H31FN4O4/c1-3-28(4-2)16-20-11-12-21(33-20)24(32)27-26-23(31)18-6-5-13-29(15-18)22(30)14-17-7-9-19(25)10-8-17/h7-12,18H,3-6,13-16H2,1-2H3,(H,26,31)(H,27,32). The zero-order valence-corrected chi connectivity index (χ0v) is 19.1. The number of furan rings is 1. The van der Waals surface area contributed by atoms with Crippen molar-refractivity contribution < 1.29 is 23.2 Å². The molecule has 3 amide bonds. The molecule has 1 aliphatic heterocycles. The lowest BCUT2D eigenvalue weighted by Gasteiger charge is -2.32. The lowest BCUT2D eigenvalue weighted by molar-refractivity contribution is -0.135. The van der Waals surface area contributed by atoms with E-state index in [9.17, 15) is 18.8 Å². The van der Waals surface area contributed by atoms with Crippen molar-refractivity contribution in [3.63, 3.8) is 0 Å². The Hall–Kier alpha value is -3.20. The molecule has 2 aromatic rings. The molecule has 33 heavy (non-hydrogen) atoms. The van der Waals surface area contributed by atoms with Crippen molar-refractivity contribution in [3.8, 4) is 0 Å². The molecule has 2 N–H and O–H groups in total. The van der Waals surface area contributed by atoms with Crippen molar-refractivity contribution in [1.82, 2.24) is 20.7 Å². The van der Waals surface area contributed by atoms with Gasteiger partial charge in [0.05, 0.1) is 18.9 Å². The van der Waals surface area contributed by atoms with E-state index in [-0.39, 0.29) is 36.4 Å². The molecular formula is C24H31FN4O4. The minimum Gasteiger partial charge on any atom is -0.454 e. The maximum Gasteiger partial charge on any atom is 0.305 e. The molecule has 1 saturated heterocycles. The second kappa shape index (κ2) is 11.6. The Morgan fingerprint density at radius 3 is 2.52 bits per heavy atom. The molecule has 178 valence electrons. The van der Waals surface area contributed by atoms with Gasteiger partial charge in [-0.25, -0.2) is 4.39 Å². The number of benzene rings is 1. The van der Waals surface area contributed by atoms with E-state index in [1.165, 1.54) is 12.1 Å². The normalized spacial score (nSPS) is 16.0. The maximum absolute atomic E-state index is 13.1. The van der Waals surface area contributed by atoms with Crippen LogP contribution in [0.15, 0.2) is 40.8 Å². The highest BCUT2D eigenvalue weighted by molar-refractivity contribution is 5.93. The van der Waals surface area contributed by atoms with Crippen LogP contribution >= 0.6 is 0 Å². The number of rotatable bonds is 8. The van der Waals surface area contributed by atoms with Gasteiger partial charge in [-0.1, -0.05) is 26.0 Å². The number of amides is 3. The predicted molar refractivity (Wildman–Crippen MR) is 120 cm³/mol. The Morgan fingerprint density at radius 2 is 1.82 bits per heavy atom. The van der Waals surface area contributed by atoms with Gasteiger partial charge < -0.3 is 9.32 Å². The molecule has 8 nitrogen and oxygen atoms in total. The van der Waals surface area contributed by atoms with Crippen LogP contribution in [0.3, 0.4) is 0 Å². The zero-order valence-electron chi connectivity index (χ0n) is 19.1. The first-order chi connectivity index (χ1) is 15.9. The molecule has 0 saturated carbocycles. The number of hydrogen-bond donors (Lipinski definition) is 2. The fourth-order valence-corrected chi connectivity index (χ4v) is 3.84. The van der Waals surface area contributed by atoms with Crippen LogP contribution in [0.2, 0.25) is 0 Å². The molecule has 1 unspecified atom stereocenters. The molecule has 2 heterocycles. The Balaban J connectivity index is 1.47. The van der Waals surface area contributed by atoms with Crippen molar-refractivity contribution in [1.29, 1.82) is 0 Å². The van der Waals surface area contributed by atoms with Gasteiger partial charge in [0.15, 0.2) is 5.76 Å². The van der Waals surface area contributed by atoms with Gasteiger partial charge >= 0.3 is 5.91 Å². The van der Waals surface area contributed by atoms with Crippen LogP contribution in [0, 0.1) is 11.7 Å². The van der Waals surface area contributed by atoms with E-state index in [1.807, 2.05) is 0 Å². The van der Waals surface area contributed by atoms with Gasteiger partial charge in [-0.2, -0.15) is 0 Å². The van der Waals surface area contributed by atoms with Crippen molar-refractivity contribution >= 4 is 17.7 Å². The van der Waals surface area contributed by atoms with E-state index in [2.05, 4.69) is 29.6 Å². The van der Waals surface area contributed by atoms with E-state index in [4.69, 9.17) is 4.42 Å². The van der Waals surface area contributed by atoms with Crippen molar-refractivity contribution in [2.45, 2.75) is 39.7 Å². The highest BCUT2D eigenvalue weighted by Crippen LogP contribution is 2.18. The van der Waals surface area contributed by atoms with E-state index in [0.717, 1.165) is 18.7 Å². The van der Waals surface area contributed by atoms with Gasteiger partial charge in [-0.05, 0) is 55.8 Å². The first-order valence-corrected chi connectivity index (χ1v) is 11.3. The highest BCUT2D eigenvalue weighted by Gasteiger charge is 2.29. The van der Waals surface area contributed by atoms with Gasteiger partial charge in [0.25, 0.3) is 0 Å². The summed E-state index contributed by atoms with van der Waals surface area (Å²) in [5.74, 6) is -0.968. The molecule has 0 radical (unpaired) electrons. The Bertz CT molecular complexity index is 956. The number of nitrogens with zero attached hydrogens (tertiary/aromatic N) is 2. The van der Waals surface area contributed by atoms with Crippen molar-refractivity contribution in [2.24, 2.45) is 5.92 Å². The maximum atomic E-state index is 13.1. The first-order valence-electron chi connectivity index (χ1n) is 11.3. The number of carbonyl (C=O) groups excluding carboxylic acids is 3. The van der Waals surface area contributed by atoms with Crippen LogP contribution < -0.4 is 10.9 Å². The summed E-state index contributed by atoms with van der Waals surface area (Å²) >= 11 is 0. The molecule has 3 rings (SSSR count). The van der Waals surface area contributed by atoms with Gasteiger partial charge in [-0.15, -0.1) is 0 Å². The monoisotopic (exact) mass is 458 g/mol. The highest BCUT2D eigenvalue weighted by atomic mass is 19.1. The van der Waals surface area contributed by atoms with Crippen LogP contribution in [0.1, 0.15) is 48.6 Å². The first kappa shape index (κ1) is 24.4. The van der Waals surface area contributed by atoms with Gasteiger partial charge in [0, 0.05) is 13.1 Å². The third-order valence-corrected chi connectivity index (χ3v) is 5.87. The lowest BCUT2D eigenvalue weighted by atomic mass is 9.97. The molecule has 0 bridgehead atoms. The van der Waals surface area contributed by atoms with E-state index >= 15 is 0 Å². The summed E-state index contributed by atoms with van der Waals surface area (Å²) in [5.41, 5.74) is 5.57. The lowest BCUT2D eigenvalue weighted by Crippen LogP contribution is -2.50. The van der Waals surface area contributed by atoms with Gasteiger partial charge in [-0.3, -0.25) is 30.1 Å². The van der Waals surface area contributed by atoms with Crippen LogP contribution in [0.25, 0.3) is 0 Å². The second-order valence-electron chi connectivity index (χ2n) is 8.15.